The van der Waals surface area contributed by atoms with Crippen molar-refractivity contribution in [3.8, 4) is 5.88 Å². The van der Waals surface area contributed by atoms with E-state index in [1.807, 2.05) is 0 Å². The van der Waals surface area contributed by atoms with Crippen LogP contribution in [0.5, 0.6) is 5.88 Å². The van der Waals surface area contributed by atoms with E-state index in [1.54, 1.807) is 6.92 Å². The first-order valence-electron chi connectivity index (χ1n) is 5.73. The SMILES string of the molecule is CCOC(=O)Cc1c(C(F)F)cnc(OC)c1CN. The van der Waals surface area contributed by atoms with Crippen molar-refractivity contribution in [2.75, 3.05) is 13.7 Å². The van der Waals surface area contributed by atoms with E-state index in [2.05, 4.69) is 4.98 Å². The lowest BCUT2D eigenvalue weighted by Crippen LogP contribution is -2.15. The Labute approximate surface area is 109 Å². The highest BCUT2D eigenvalue weighted by atomic mass is 19.3. The van der Waals surface area contributed by atoms with Crippen LogP contribution >= 0.6 is 0 Å². The van der Waals surface area contributed by atoms with Crippen LogP contribution in [-0.2, 0) is 22.5 Å². The van der Waals surface area contributed by atoms with Gasteiger partial charge in [0, 0.05) is 23.9 Å². The zero-order valence-corrected chi connectivity index (χ0v) is 10.8. The van der Waals surface area contributed by atoms with Crippen LogP contribution in [0.15, 0.2) is 6.20 Å². The van der Waals surface area contributed by atoms with E-state index in [1.165, 1.54) is 7.11 Å². The number of alkyl halides is 2. The normalized spacial score (nSPS) is 10.6. The summed E-state index contributed by atoms with van der Waals surface area (Å²) in [5, 5.41) is 0. The molecule has 0 bridgehead atoms. The Hall–Kier alpha value is -1.76. The number of pyridine rings is 1. The van der Waals surface area contributed by atoms with Crippen LogP contribution < -0.4 is 10.5 Å². The Bertz CT molecular complexity index is 453. The highest BCUT2D eigenvalue weighted by Crippen LogP contribution is 2.29. The molecule has 0 radical (unpaired) electrons. The first kappa shape index (κ1) is 15.3. The molecule has 0 amide bonds. The average Bonchev–Trinajstić information content (AvgIpc) is 2.37. The van der Waals surface area contributed by atoms with Gasteiger partial charge in [0.15, 0.2) is 0 Å². The number of aromatic nitrogens is 1. The zero-order valence-electron chi connectivity index (χ0n) is 10.8. The van der Waals surface area contributed by atoms with Gasteiger partial charge in [0.2, 0.25) is 5.88 Å². The summed E-state index contributed by atoms with van der Waals surface area (Å²) in [6.45, 7) is 1.78. The van der Waals surface area contributed by atoms with Crippen molar-refractivity contribution in [1.82, 2.24) is 4.98 Å². The average molecular weight is 274 g/mol. The molecule has 7 heteroatoms. The number of esters is 1. The van der Waals surface area contributed by atoms with E-state index < -0.39 is 12.4 Å². The summed E-state index contributed by atoms with van der Waals surface area (Å²) in [7, 11) is 1.36. The molecule has 0 aliphatic heterocycles. The Morgan fingerprint density at radius 2 is 2.16 bits per heavy atom. The molecule has 0 aliphatic rings. The molecular weight excluding hydrogens is 258 g/mol. The van der Waals surface area contributed by atoms with Gasteiger partial charge in [0.05, 0.1) is 20.1 Å². The van der Waals surface area contributed by atoms with Crippen molar-refractivity contribution in [3.05, 3.63) is 22.9 Å². The van der Waals surface area contributed by atoms with Crippen LogP contribution in [0.4, 0.5) is 8.78 Å². The fourth-order valence-electron chi connectivity index (χ4n) is 1.73. The van der Waals surface area contributed by atoms with E-state index in [0.717, 1.165) is 6.20 Å². The van der Waals surface area contributed by atoms with Crippen LogP contribution in [0.3, 0.4) is 0 Å². The largest absolute Gasteiger partial charge is 0.481 e. The third kappa shape index (κ3) is 3.60. The maximum Gasteiger partial charge on any atom is 0.310 e. The lowest BCUT2D eigenvalue weighted by atomic mass is 10.0. The lowest BCUT2D eigenvalue weighted by Gasteiger charge is -2.15. The molecule has 0 fully saturated rings. The second-order valence-electron chi connectivity index (χ2n) is 3.67. The van der Waals surface area contributed by atoms with Crippen LogP contribution in [0, 0.1) is 0 Å². The fraction of sp³-hybridized carbons (Fsp3) is 0.500. The van der Waals surface area contributed by atoms with Crippen molar-refractivity contribution in [1.29, 1.82) is 0 Å². The fourth-order valence-corrected chi connectivity index (χ4v) is 1.73. The first-order chi connectivity index (χ1) is 9.04. The van der Waals surface area contributed by atoms with Crippen LogP contribution in [0.1, 0.15) is 30.0 Å². The van der Waals surface area contributed by atoms with Gasteiger partial charge in [-0.15, -0.1) is 0 Å². The molecule has 1 rings (SSSR count). The molecule has 106 valence electrons. The maximum atomic E-state index is 12.9. The topological polar surface area (TPSA) is 74.4 Å². The van der Waals surface area contributed by atoms with Gasteiger partial charge in [-0.3, -0.25) is 4.79 Å². The summed E-state index contributed by atoms with van der Waals surface area (Å²) in [4.78, 5) is 15.3. The van der Waals surface area contributed by atoms with E-state index in [9.17, 15) is 13.6 Å². The Kier molecular flexibility index (Phi) is 5.62. The van der Waals surface area contributed by atoms with Crippen LogP contribution in [-0.4, -0.2) is 24.7 Å². The quantitative estimate of drug-likeness (QED) is 0.797. The number of hydrogen-bond donors (Lipinski definition) is 1. The molecular formula is C12H16F2N2O3. The minimum atomic E-state index is -2.74. The third-order valence-electron chi connectivity index (χ3n) is 2.55. The molecule has 19 heavy (non-hydrogen) atoms. The second-order valence-corrected chi connectivity index (χ2v) is 3.67. The molecule has 0 unspecified atom stereocenters. The monoisotopic (exact) mass is 274 g/mol. The summed E-state index contributed by atoms with van der Waals surface area (Å²) in [6, 6.07) is 0. The van der Waals surface area contributed by atoms with Gasteiger partial charge in [-0.1, -0.05) is 0 Å². The van der Waals surface area contributed by atoms with Crippen molar-refractivity contribution >= 4 is 5.97 Å². The minimum absolute atomic E-state index is 0.0501. The van der Waals surface area contributed by atoms with Crippen LogP contribution in [0.25, 0.3) is 0 Å². The zero-order chi connectivity index (χ0) is 14.4. The van der Waals surface area contributed by atoms with E-state index in [-0.39, 0.29) is 36.6 Å². The summed E-state index contributed by atoms with van der Waals surface area (Å²) in [6.07, 6.45) is -2.02. The van der Waals surface area contributed by atoms with Gasteiger partial charge >= 0.3 is 5.97 Å². The molecule has 0 saturated carbocycles. The van der Waals surface area contributed by atoms with E-state index in [0.29, 0.717) is 5.56 Å². The molecule has 1 aromatic heterocycles. The number of halogens is 2. The number of carbonyl (C=O) groups is 1. The summed E-state index contributed by atoms with van der Waals surface area (Å²) >= 11 is 0. The van der Waals surface area contributed by atoms with E-state index >= 15 is 0 Å². The van der Waals surface area contributed by atoms with Gasteiger partial charge in [-0.25, -0.2) is 13.8 Å². The van der Waals surface area contributed by atoms with Crippen molar-refractivity contribution in [2.45, 2.75) is 26.3 Å². The van der Waals surface area contributed by atoms with Gasteiger partial charge in [0.1, 0.15) is 0 Å². The maximum absolute atomic E-state index is 12.9. The number of hydrogen-bond acceptors (Lipinski definition) is 5. The van der Waals surface area contributed by atoms with Crippen molar-refractivity contribution in [3.63, 3.8) is 0 Å². The molecule has 0 aromatic carbocycles. The van der Waals surface area contributed by atoms with Gasteiger partial charge < -0.3 is 15.2 Å². The molecule has 5 nitrogen and oxygen atoms in total. The summed E-state index contributed by atoms with van der Waals surface area (Å²) < 4.78 is 35.6. The molecule has 0 aliphatic carbocycles. The predicted molar refractivity (Wildman–Crippen MR) is 64.0 cm³/mol. The number of rotatable bonds is 6. The van der Waals surface area contributed by atoms with Gasteiger partial charge in [-0.2, -0.15) is 0 Å². The molecule has 1 heterocycles. The number of methoxy groups -OCH3 is 1. The van der Waals surface area contributed by atoms with Crippen molar-refractivity contribution < 1.29 is 23.0 Å². The summed E-state index contributed by atoms with van der Waals surface area (Å²) in [5.74, 6) is -0.446. The molecule has 0 saturated heterocycles. The minimum Gasteiger partial charge on any atom is -0.481 e. The van der Waals surface area contributed by atoms with E-state index in [4.69, 9.17) is 15.2 Å². The van der Waals surface area contributed by atoms with Crippen molar-refractivity contribution in [2.24, 2.45) is 5.73 Å². The molecule has 0 spiro atoms. The second kappa shape index (κ2) is 6.98. The number of ether oxygens (including phenoxy) is 2. The predicted octanol–water partition coefficient (Wildman–Crippen LogP) is 1.59. The number of nitrogens with zero attached hydrogens (tertiary/aromatic N) is 1. The standard InChI is InChI=1S/C12H16F2N2O3/c1-3-19-10(17)4-7-8(5-15)12(18-2)16-6-9(7)11(13)14/h6,11H,3-5,15H2,1-2H3. The van der Waals surface area contributed by atoms with Gasteiger partial charge in [0.25, 0.3) is 6.43 Å². The third-order valence-corrected chi connectivity index (χ3v) is 2.55. The Morgan fingerprint density at radius 3 is 2.63 bits per heavy atom. The highest BCUT2D eigenvalue weighted by molar-refractivity contribution is 5.74. The first-order valence-corrected chi connectivity index (χ1v) is 5.73. The Morgan fingerprint density at radius 1 is 1.47 bits per heavy atom. The molecule has 0 atom stereocenters. The van der Waals surface area contributed by atoms with Crippen LogP contribution in [0.2, 0.25) is 0 Å². The number of carbonyl (C=O) groups excluding carboxylic acids is 1. The smallest absolute Gasteiger partial charge is 0.310 e. The highest BCUT2D eigenvalue weighted by Gasteiger charge is 2.22. The molecule has 1 aromatic rings. The summed E-state index contributed by atoms with van der Waals surface area (Å²) in [5.41, 5.74) is 5.63. The molecule has 2 N–H and O–H groups in total. The Balaban J connectivity index is 3.25. The lowest BCUT2D eigenvalue weighted by molar-refractivity contribution is -0.142. The van der Waals surface area contributed by atoms with Gasteiger partial charge in [-0.05, 0) is 12.5 Å². The number of nitrogens with two attached hydrogens (primary N) is 1.